The second-order valence-corrected chi connectivity index (χ2v) is 7.64. The average Bonchev–Trinajstić information content (AvgIpc) is 3.30. The van der Waals surface area contributed by atoms with E-state index < -0.39 is 0 Å². The summed E-state index contributed by atoms with van der Waals surface area (Å²) in [5.41, 5.74) is 3.27. The molecule has 1 atom stereocenters. The highest BCUT2D eigenvalue weighted by Gasteiger charge is 2.22. The van der Waals surface area contributed by atoms with Crippen molar-refractivity contribution >= 4 is 22.6 Å². The Morgan fingerprint density at radius 1 is 1.34 bits per heavy atom. The van der Waals surface area contributed by atoms with E-state index in [1.165, 1.54) is 11.3 Å². The number of aliphatic imine (C=N–C) groups is 1. The van der Waals surface area contributed by atoms with E-state index in [1.807, 2.05) is 36.1 Å². The summed E-state index contributed by atoms with van der Waals surface area (Å²) >= 11 is 0. The largest absolute Gasteiger partial charge is 0.459 e. The van der Waals surface area contributed by atoms with E-state index in [1.54, 1.807) is 0 Å². The number of furan rings is 1. The fraction of sp³-hybridized carbons (Fsp3) is 0.455. The standard InChI is InChI=1S/C22H30N6O/c1-4-23-22(24-13-21-16(2)19-9-5-6-10-20(19)29-21)26-17-8-7-11-28(14-17)18-12-25-27(3)15-18/h5-6,9-10,12,15,17H,4,7-8,11,13-14H2,1-3H3,(H2,23,24,26). The predicted molar refractivity (Wildman–Crippen MR) is 117 cm³/mol. The SMILES string of the molecule is CCNC(=NCc1oc2ccccc2c1C)NC1CCCN(c2cnn(C)c2)C1. The van der Waals surface area contributed by atoms with Gasteiger partial charge in [0.2, 0.25) is 0 Å². The van der Waals surface area contributed by atoms with Crippen molar-refractivity contribution in [3.05, 3.63) is 48.0 Å². The van der Waals surface area contributed by atoms with E-state index in [0.717, 1.165) is 55.2 Å². The summed E-state index contributed by atoms with van der Waals surface area (Å²) in [6, 6.07) is 8.49. The summed E-state index contributed by atoms with van der Waals surface area (Å²) in [7, 11) is 1.96. The molecule has 1 aliphatic rings. The summed E-state index contributed by atoms with van der Waals surface area (Å²) in [5.74, 6) is 1.76. The Morgan fingerprint density at radius 3 is 2.97 bits per heavy atom. The maximum absolute atomic E-state index is 6.01. The topological polar surface area (TPSA) is 70.6 Å². The number of piperidine rings is 1. The fourth-order valence-electron chi connectivity index (χ4n) is 3.94. The molecule has 4 rings (SSSR count). The highest BCUT2D eigenvalue weighted by Crippen LogP contribution is 2.25. The summed E-state index contributed by atoms with van der Waals surface area (Å²) < 4.78 is 7.87. The van der Waals surface area contributed by atoms with Crippen molar-refractivity contribution in [1.29, 1.82) is 0 Å². The van der Waals surface area contributed by atoms with Gasteiger partial charge in [-0.25, -0.2) is 4.99 Å². The van der Waals surface area contributed by atoms with Crippen molar-refractivity contribution in [3.8, 4) is 0 Å². The van der Waals surface area contributed by atoms with Gasteiger partial charge >= 0.3 is 0 Å². The molecule has 3 aromatic rings. The number of nitrogens with zero attached hydrogens (tertiary/aromatic N) is 4. The van der Waals surface area contributed by atoms with E-state index in [-0.39, 0.29) is 0 Å². The first-order valence-corrected chi connectivity index (χ1v) is 10.4. The van der Waals surface area contributed by atoms with E-state index in [4.69, 9.17) is 9.41 Å². The number of aryl methyl sites for hydroxylation is 2. The highest BCUT2D eigenvalue weighted by atomic mass is 16.3. The number of nitrogens with one attached hydrogen (secondary N) is 2. The molecule has 1 aromatic carbocycles. The third-order valence-electron chi connectivity index (χ3n) is 5.49. The number of anilines is 1. The van der Waals surface area contributed by atoms with Gasteiger partial charge in [-0.3, -0.25) is 4.68 Å². The zero-order valence-electron chi connectivity index (χ0n) is 17.5. The molecular weight excluding hydrogens is 364 g/mol. The van der Waals surface area contributed by atoms with Crippen LogP contribution in [0.15, 0.2) is 46.1 Å². The first kappa shape index (κ1) is 19.4. The van der Waals surface area contributed by atoms with Gasteiger partial charge < -0.3 is 20.0 Å². The highest BCUT2D eigenvalue weighted by molar-refractivity contribution is 5.82. The Labute approximate surface area is 171 Å². The van der Waals surface area contributed by atoms with Gasteiger partial charge in [0.25, 0.3) is 0 Å². The lowest BCUT2D eigenvalue weighted by atomic mass is 10.1. The molecular formula is C22H30N6O. The number of hydrogen-bond donors (Lipinski definition) is 2. The molecule has 3 heterocycles. The van der Waals surface area contributed by atoms with E-state index in [9.17, 15) is 0 Å². The third-order valence-corrected chi connectivity index (χ3v) is 5.49. The van der Waals surface area contributed by atoms with Crippen LogP contribution in [0.3, 0.4) is 0 Å². The molecule has 1 unspecified atom stereocenters. The van der Waals surface area contributed by atoms with Crippen LogP contribution in [0, 0.1) is 6.92 Å². The molecule has 1 aliphatic heterocycles. The van der Waals surface area contributed by atoms with Crippen molar-refractivity contribution in [2.45, 2.75) is 39.3 Å². The van der Waals surface area contributed by atoms with Gasteiger partial charge in [-0.2, -0.15) is 5.10 Å². The molecule has 0 aliphatic carbocycles. The lowest BCUT2D eigenvalue weighted by molar-refractivity contribution is 0.467. The summed E-state index contributed by atoms with van der Waals surface area (Å²) in [5, 5.41) is 12.5. The Balaban J connectivity index is 1.44. The van der Waals surface area contributed by atoms with Gasteiger partial charge in [-0.1, -0.05) is 18.2 Å². The molecule has 1 saturated heterocycles. The lowest BCUT2D eigenvalue weighted by Crippen LogP contribution is -2.51. The predicted octanol–water partition coefficient (Wildman–Crippen LogP) is 3.20. The maximum Gasteiger partial charge on any atom is 0.191 e. The Morgan fingerprint density at radius 2 is 2.21 bits per heavy atom. The number of benzene rings is 1. The summed E-state index contributed by atoms with van der Waals surface area (Å²) in [6.45, 7) is 7.55. The first-order chi connectivity index (χ1) is 14.1. The molecule has 1 fully saturated rings. The Kier molecular flexibility index (Phi) is 5.74. The lowest BCUT2D eigenvalue weighted by Gasteiger charge is -2.34. The van der Waals surface area contributed by atoms with Crippen LogP contribution in [0.1, 0.15) is 31.1 Å². The van der Waals surface area contributed by atoms with Crippen LogP contribution in [0.2, 0.25) is 0 Å². The zero-order chi connectivity index (χ0) is 20.2. The van der Waals surface area contributed by atoms with Crippen LogP contribution in [0.4, 0.5) is 5.69 Å². The van der Waals surface area contributed by atoms with Gasteiger partial charge in [-0.05, 0) is 32.8 Å². The Hall–Kier alpha value is -2.96. The average molecular weight is 395 g/mol. The third kappa shape index (κ3) is 4.39. The van der Waals surface area contributed by atoms with Crippen LogP contribution in [-0.2, 0) is 13.6 Å². The summed E-state index contributed by atoms with van der Waals surface area (Å²) in [4.78, 5) is 7.19. The normalized spacial score (nSPS) is 17.7. The van der Waals surface area contributed by atoms with E-state index >= 15 is 0 Å². The molecule has 0 bridgehead atoms. The van der Waals surface area contributed by atoms with Gasteiger partial charge in [0.15, 0.2) is 5.96 Å². The minimum Gasteiger partial charge on any atom is -0.459 e. The summed E-state index contributed by atoms with van der Waals surface area (Å²) in [6.07, 6.45) is 6.29. The molecule has 7 heteroatoms. The van der Waals surface area contributed by atoms with Crippen molar-refractivity contribution in [1.82, 2.24) is 20.4 Å². The van der Waals surface area contributed by atoms with Crippen LogP contribution in [0.5, 0.6) is 0 Å². The number of rotatable bonds is 5. The van der Waals surface area contributed by atoms with Crippen LogP contribution in [-0.4, -0.2) is 41.4 Å². The number of guanidine groups is 1. The van der Waals surface area contributed by atoms with Crippen LogP contribution < -0.4 is 15.5 Å². The fourth-order valence-corrected chi connectivity index (χ4v) is 3.94. The zero-order valence-corrected chi connectivity index (χ0v) is 17.5. The molecule has 7 nitrogen and oxygen atoms in total. The molecule has 0 saturated carbocycles. The molecule has 0 spiro atoms. The molecule has 0 radical (unpaired) electrons. The number of aromatic nitrogens is 2. The van der Waals surface area contributed by atoms with E-state index in [2.05, 4.69) is 46.7 Å². The maximum atomic E-state index is 6.01. The Bertz CT molecular complexity index is 988. The van der Waals surface area contributed by atoms with Crippen molar-refractivity contribution in [3.63, 3.8) is 0 Å². The molecule has 0 amide bonds. The second kappa shape index (κ2) is 8.59. The van der Waals surface area contributed by atoms with Gasteiger partial charge in [0, 0.05) is 49.9 Å². The minimum absolute atomic E-state index is 0.346. The molecule has 29 heavy (non-hydrogen) atoms. The van der Waals surface area contributed by atoms with Gasteiger partial charge in [0.05, 0.1) is 11.9 Å². The quantitative estimate of drug-likeness (QED) is 0.514. The molecule has 154 valence electrons. The van der Waals surface area contributed by atoms with Crippen LogP contribution in [0.25, 0.3) is 11.0 Å². The molecule has 2 aromatic heterocycles. The smallest absolute Gasteiger partial charge is 0.191 e. The van der Waals surface area contributed by atoms with Crippen molar-refractivity contribution in [2.24, 2.45) is 12.0 Å². The minimum atomic E-state index is 0.346. The number of fused-ring (bicyclic) bond motifs is 1. The van der Waals surface area contributed by atoms with E-state index in [0.29, 0.717) is 12.6 Å². The monoisotopic (exact) mass is 394 g/mol. The van der Waals surface area contributed by atoms with Gasteiger partial charge in [-0.15, -0.1) is 0 Å². The first-order valence-electron chi connectivity index (χ1n) is 10.4. The number of para-hydroxylation sites is 1. The second-order valence-electron chi connectivity index (χ2n) is 7.64. The molecule has 2 N–H and O–H groups in total. The van der Waals surface area contributed by atoms with Crippen molar-refractivity contribution < 1.29 is 4.42 Å². The number of hydrogen-bond acceptors (Lipinski definition) is 4. The van der Waals surface area contributed by atoms with Crippen molar-refractivity contribution in [2.75, 3.05) is 24.5 Å². The van der Waals surface area contributed by atoms with Gasteiger partial charge in [0.1, 0.15) is 17.9 Å². The van der Waals surface area contributed by atoms with Crippen LogP contribution >= 0.6 is 0 Å².